The Morgan fingerprint density at radius 1 is 1.07 bits per heavy atom. The lowest BCUT2D eigenvalue weighted by Gasteiger charge is -2.05. The van der Waals surface area contributed by atoms with Gasteiger partial charge in [0.1, 0.15) is 5.69 Å². The molecule has 0 fully saturated rings. The third kappa shape index (κ3) is 5.07. The number of aromatic nitrogens is 1. The molecule has 0 bridgehead atoms. The van der Waals surface area contributed by atoms with E-state index in [2.05, 4.69) is 15.6 Å². The van der Waals surface area contributed by atoms with Crippen molar-refractivity contribution in [3.63, 3.8) is 0 Å². The summed E-state index contributed by atoms with van der Waals surface area (Å²) in [5.41, 5.74) is 3.00. The zero-order chi connectivity index (χ0) is 19.2. The van der Waals surface area contributed by atoms with Gasteiger partial charge >= 0.3 is 0 Å². The number of benzene rings is 2. The molecule has 138 valence electrons. The molecule has 2 aromatic carbocycles. The van der Waals surface area contributed by atoms with Crippen LogP contribution in [0.2, 0.25) is 0 Å². The molecule has 0 atom stereocenters. The van der Waals surface area contributed by atoms with E-state index in [0.717, 1.165) is 16.5 Å². The standard InChI is InChI=1S/C22H23N3O2/c1-15(2)14-23-22(27)20-13-17-12-18(9-10-19(17)25-20)24-21(26)11-8-16-6-4-3-5-7-16/h3-13,15,25H,14H2,1-2H3,(H,23,27)(H,24,26)/b11-8+. The summed E-state index contributed by atoms with van der Waals surface area (Å²) in [7, 11) is 0. The molecule has 3 N–H and O–H groups in total. The van der Waals surface area contributed by atoms with Crippen molar-refractivity contribution >= 4 is 34.5 Å². The van der Waals surface area contributed by atoms with E-state index in [9.17, 15) is 9.59 Å². The van der Waals surface area contributed by atoms with E-state index in [1.807, 2.05) is 62.4 Å². The quantitative estimate of drug-likeness (QED) is 0.576. The highest BCUT2D eigenvalue weighted by Gasteiger charge is 2.10. The number of anilines is 1. The van der Waals surface area contributed by atoms with Crippen molar-refractivity contribution in [1.29, 1.82) is 0 Å². The van der Waals surface area contributed by atoms with Crippen LogP contribution in [0.25, 0.3) is 17.0 Å². The second-order valence-corrected chi connectivity index (χ2v) is 6.82. The van der Waals surface area contributed by atoms with Crippen LogP contribution in [0.1, 0.15) is 29.9 Å². The van der Waals surface area contributed by atoms with Gasteiger partial charge in [-0.3, -0.25) is 9.59 Å². The summed E-state index contributed by atoms with van der Waals surface area (Å²) < 4.78 is 0. The van der Waals surface area contributed by atoms with E-state index < -0.39 is 0 Å². The molecule has 0 spiro atoms. The summed E-state index contributed by atoms with van der Waals surface area (Å²) in [6.07, 6.45) is 3.27. The van der Waals surface area contributed by atoms with Gasteiger partial charge in [0.25, 0.3) is 5.91 Å². The SMILES string of the molecule is CC(C)CNC(=O)c1cc2cc(NC(=O)/C=C/c3ccccc3)ccc2[nH]1. The summed E-state index contributed by atoms with van der Waals surface area (Å²) in [5.74, 6) is 0.0593. The Kier molecular flexibility index (Phi) is 5.71. The molecule has 3 rings (SSSR count). The van der Waals surface area contributed by atoms with Crippen LogP contribution < -0.4 is 10.6 Å². The van der Waals surface area contributed by atoms with Gasteiger partial charge in [0, 0.05) is 29.2 Å². The molecule has 1 aromatic heterocycles. The number of amides is 2. The van der Waals surface area contributed by atoms with Crippen LogP contribution >= 0.6 is 0 Å². The van der Waals surface area contributed by atoms with Crippen molar-refractivity contribution in [2.75, 3.05) is 11.9 Å². The Morgan fingerprint density at radius 3 is 2.59 bits per heavy atom. The number of carbonyl (C=O) groups is 2. The fourth-order valence-electron chi connectivity index (χ4n) is 2.64. The van der Waals surface area contributed by atoms with Crippen LogP contribution in [-0.2, 0) is 4.79 Å². The lowest BCUT2D eigenvalue weighted by molar-refractivity contribution is -0.111. The summed E-state index contributed by atoms with van der Waals surface area (Å²) in [6.45, 7) is 4.72. The highest BCUT2D eigenvalue weighted by Crippen LogP contribution is 2.20. The molecule has 2 amide bonds. The van der Waals surface area contributed by atoms with E-state index >= 15 is 0 Å². The first-order chi connectivity index (χ1) is 13.0. The highest BCUT2D eigenvalue weighted by molar-refractivity contribution is 6.04. The van der Waals surface area contributed by atoms with Gasteiger partial charge in [-0.25, -0.2) is 0 Å². The van der Waals surface area contributed by atoms with E-state index in [4.69, 9.17) is 0 Å². The Balaban J connectivity index is 1.68. The van der Waals surface area contributed by atoms with E-state index in [1.54, 1.807) is 12.1 Å². The lowest BCUT2D eigenvalue weighted by atomic mass is 10.2. The van der Waals surface area contributed by atoms with Gasteiger partial charge < -0.3 is 15.6 Å². The van der Waals surface area contributed by atoms with Crippen molar-refractivity contribution in [2.24, 2.45) is 5.92 Å². The molecule has 0 unspecified atom stereocenters. The van der Waals surface area contributed by atoms with Crippen molar-refractivity contribution in [1.82, 2.24) is 10.3 Å². The second-order valence-electron chi connectivity index (χ2n) is 6.82. The zero-order valence-electron chi connectivity index (χ0n) is 15.5. The molecule has 1 heterocycles. The summed E-state index contributed by atoms with van der Waals surface area (Å²) in [6, 6.07) is 16.9. The lowest BCUT2D eigenvalue weighted by Crippen LogP contribution is -2.27. The molecule has 5 nitrogen and oxygen atoms in total. The number of rotatable bonds is 6. The summed E-state index contributed by atoms with van der Waals surface area (Å²) >= 11 is 0. The topological polar surface area (TPSA) is 74.0 Å². The number of hydrogen-bond donors (Lipinski definition) is 3. The average molecular weight is 361 g/mol. The number of hydrogen-bond acceptors (Lipinski definition) is 2. The fraction of sp³-hybridized carbons (Fsp3) is 0.182. The van der Waals surface area contributed by atoms with Crippen molar-refractivity contribution < 1.29 is 9.59 Å². The largest absolute Gasteiger partial charge is 0.351 e. The predicted octanol–water partition coefficient (Wildman–Crippen LogP) is 4.21. The molecule has 0 saturated carbocycles. The smallest absolute Gasteiger partial charge is 0.267 e. The van der Waals surface area contributed by atoms with Gasteiger partial charge in [0.2, 0.25) is 5.91 Å². The van der Waals surface area contributed by atoms with E-state index in [0.29, 0.717) is 23.8 Å². The minimum Gasteiger partial charge on any atom is -0.351 e. The molecular weight excluding hydrogens is 338 g/mol. The summed E-state index contributed by atoms with van der Waals surface area (Å²) in [5, 5.41) is 6.60. The van der Waals surface area contributed by atoms with Gasteiger partial charge in [-0.2, -0.15) is 0 Å². The number of nitrogens with one attached hydrogen (secondary N) is 3. The number of aromatic amines is 1. The van der Waals surface area contributed by atoms with Crippen LogP contribution in [0, 0.1) is 5.92 Å². The molecule has 0 radical (unpaired) electrons. The van der Waals surface area contributed by atoms with Crippen LogP contribution in [-0.4, -0.2) is 23.3 Å². The third-order valence-corrected chi connectivity index (χ3v) is 4.03. The predicted molar refractivity (Wildman–Crippen MR) is 110 cm³/mol. The minimum atomic E-state index is -0.205. The van der Waals surface area contributed by atoms with Crippen LogP contribution in [0.3, 0.4) is 0 Å². The van der Waals surface area contributed by atoms with E-state index in [-0.39, 0.29) is 11.8 Å². The van der Waals surface area contributed by atoms with Gasteiger partial charge in [0.05, 0.1) is 0 Å². The van der Waals surface area contributed by atoms with Crippen molar-refractivity contribution in [2.45, 2.75) is 13.8 Å². The zero-order valence-corrected chi connectivity index (χ0v) is 15.5. The Bertz CT molecular complexity index is 972. The normalized spacial score (nSPS) is 11.2. The molecule has 27 heavy (non-hydrogen) atoms. The monoisotopic (exact) mass is 361 g/mol. The van der Waals surface area contributed by atoms with Crippen LogP contribution in [0.4, 0.5) is 5.69 Å². The maximum absolute atomic E-state index is 12.2. The van der Waals surface area contributed by atoms with Gasteiger partial charge in [-0.15, -0.1) is 0 Å². The first-order valence-electron chi connectivity index (χ1n) is 8.96. The first kappa shape index (κ1) is 18.5. The Labute approximate surface area is 158 Å². The summed E-state index contributed by atoms with van der Waals surface area (Å²) in [4.78, 5) is 27.4. The number of H-pyrrole nitrogens is 1. The van der Waals surface area contributed by atoms with Gasteiger partial charge in [-0.1, -0.05) is 44.2 Å². The van der Waals surface area contributed by atoms with Gasteiger partial charge in [0.15, 0.2) is 0 Å². The first-order valence-corrected chi connectivity index (χ1v) is 8.96. The molecule has 3 aromatic rings. The van der Waals surface area contributed by atoms with Crippen molar-refractivity contribution in [3.05, 3.63) is 71.9 Å². The van der Waals surface area contributed by atoms with Gasteiger partial charge in [-0.05, 0) is 41.8 Å². The molecule has 5 heteroatoms. The molecule has 0 aliphatic carbocycles. The maximum atomic E-state index is 12.2. The number of fused-ring (bicyclic) bond motifs is 1. The molecule has 0 aliphatic rings. The fourth-order valence-corrected chi connectivity index (χ4v) is 2.64. The van der Waals surface area contributed by atoms with E-state index in [1.165, 1.54) is 6.08 Å². The Hall–Kier alpha value is -3.34. The third-order valence-electron chi connectivity index (χ3n) is 4.03. The second kappa shape index (κ2) is 8.36. The molecule has 0 aliphatic heterocycles. The minimum absolute atomic E-state index is 0.128. The van der Waals surface area contributed by atoms with Crippen LogP contribution in [0.5, 0.6) is 0 Å². The maximum Gasteiger partial charge on any atom is 0.267 e. The average Bonchev–Trinajstić information content (AvgIpc) is 3.08. The van der Waals surface area contributed by atoms with Crippen molar-refractivity contribution in [3.8, 4) is 0 Å². The highest BCUT2D eigenvalue weighted by atomic mass is 16.2. The number of carbonyl (C=O) groups excluding carboxylic acids is 2. The molecule has 0 saturated heterocycles. The molecular formula is C22H23N3O2. The Morgan fingerprint density at radius 2 is 1.85 bits per heavy atom. The van der Waals surface area contributed by atoms with Crippen LogP contribution in [0.15, 0.2) is 60.7 Å².